The molecule has 0 fully saturated rings. The number of ketones is 1. The molecule has 8 heteroatoms. The monoisotopic (exact) mass is 510 g/mol. The van der Waals surface area contributed by atoms with Crippen molar-refractivity contribution in [1.82, 2.24) is 9.97 Å². The van der Waals surface area contributed by atoms with E-state index in [1.54, 1.807) is 12.3 Å². The van der Waals surface area contributed by atoms with E-state index in [1.165, 1.54) is 42.6 Å². The minimum atomic E-state index is -3.35. The molecule has 4 nitrogen and oxygen atoms in total. The first-order valence-electron chi connectivity index (χ1n) is 11.2. The SMILES string of the molecule is CC(O)C(F)(F)c1ccc(CC(=O)Cc2ccc(-c3nccnc3-c3ccc(F)cc3Cl)cc2)cc1. The molecule has 3 aromatic carbocycles. The van der Waals surface area contributed by atoms with Crippen molar-refractivity contribution in [2.45, 2.75) is 31.8 Å². The third kappa shape index (κ3) is 5.64. The van der Waals surface area contributed by atoms with Crippen molar-refractivity contribution in [3.8, 4) is 22.5 Å². The van der Waals surface area contributed by atoms with E-state index in [9.17, 15) is 23.1 Å². The number of benzene rings is 3. The van der Waals surface area contributed by atoms with E-state index in [1.807, 2.05) is 24.3 Å². The Labute approximate surface area is 211 Å². The zero-order valence-electron chi connectivity index (χ0n) is 19.3. The maximum absolute atomic E-state index is 13.9. The van der Waals surface area contributed by atoms with Crippen LogP contribution in [0, 0.1) is 5.82 Å². The Hall–Kier alpha value is -3.55. The van der Waals surface area contributed by atoms with Crippen LogP contribution in [0.3, 0.4) is 0 Å². The Kier molecular flexibility index (Phi) is 7.52. The summed E-state index contributed by atoms with van der Waals surface area (Å²) < 4.78 is 41.3. The number of hydrogen-bond donors (Lipinski definition) is 1. The number of carbonyl (C=O) groups excluding carboxylic acids is 1. The summed E-state index contributed by atoms with van der Waals surface area (Å²) in [5.41, 5.74) is 3.49. The highest BCUT2D eigenvalue weighted by Crippen LogP contribution is 2.34. The Balaban J connectivity index is 1.46. The fourth-order valence-electron chi connectivity index (χ4n) is 3.81. The van der Waals surface area contributed by atoms with Crippen LogP contribution in [0.25, 0.3) is 22.5 Å². The molecule has 0 aliphatic heterocycles. The molecule has 0 saturated heterocycles. The fraction of sp³-hybridized carbons (Fsp3) is 0.179. The lowest BCUT2D eigenvalue weighted by atomic mass is 9.98. The standard InChI is InChI=1S/C28H22ClF3N2O2/c1-17(35)28(31,32)21-8-4-19(5-9-21)15-23(36)14-18-2-6-20(7-3-18)26-27(34-13-12-33-26)24-11-10-22(30)16-25(24)29/h2-13,16-17,35H,14-15H2,1H3. The van der Waals surface area contributed by atoms with E-state index in [4.69, 9.17) is 11.6 Å². The Bertz CT molecular complexity index is 1370. The predicted octanol–water partition coefficient (Wildman–Crippen LogP) is 6.43. The quantitative estimate of drug-likeness (QED) is 0.297. The average molecular weight is 511 g/mol. The summed E-state index contributed by atoms with van der Waals surface area (Å²) >= 11 is 6.22. The first-order chi connectivity index (χ1) is 17.1. The van der Waals surface area contributed by atoms with Gasteiger partial charge in [-0.15, -0.1) is 0 Å². The van der Waals surface area contributed by atoms with Crippen LogP contribution in [0.2, 0.25) is 5.02 Å². The summed E-state index contributed by atoms with van der Waals surface area (Å²) in [5.74, 6) is -3.87. The van der Waals surface area contributed by atoms with Gasteiger partial charge in [0.1, 0.15) is 17.7 Å². The van der Waals surface area contributed by atoms with Crippen molar-refractivity contribution in [2.75, 3.05) is 0 Å². The average Bonchev–Trinajstić information content (AvgIpc) is 2.85. The highest BCUT2D eigenvalue weighted by molar-refractivity contribution is 6.33. The summed E-state index contributed by atoms with van der Waals surface area (Å²) in [6, 6.07) is 16.8. The van der Waals surface area contributed by atoms with Gasteiger partial charge in [-0.05, 0) is 36.2 Å². The number of alkyl halides is 2. The maximum atomic E-state index is 13.9. The second-order valence-corrected chi connectivity index (χ2v) is 8.87. The first kappa shape index (κ1) is 25.5. The molecular weight excluding hydrogens is 489 g/mol. The van der Waals surface area contributed by atoms with E-state index >= 15 is 0 Å². The van der Waals surface area contributed by atoms with Crippen LogP contribution >= 0.6 is 11.6 Å². The van der Waals surface area contributed by atoms with Gasteiger partial charge in [-0.1, -0.05) is 60.1 Å². The molecule has 1 aromatic heterocycles. The zero-order chi connectivity index (χ0) is 25.9. The van der Waals surface area contributed by atoms with Gasteiger partial charge in [0.15, 0.2) is 0 Å². The Morgan fingerprint density at radius 2 is 1.47 bits per heavy atom. The molecule has 0 saturated carbocycles. The van der Waals surface area contributed by atoms with Gasteiger partial charge in [0, 0.05) is 41.9 Å². The fourth-order valence-corrected chi connectivity index (χ4v) is 4.07. The summed E-state index contributed by atoms with van der Waals surface area (Å²) in [7, 11) is 0. The number of hydrogen-bond acceptors (Lipinski definition) is 4. The van der Waals surface area contributed by atoms with Crippen LogP contribution in [0.4, 0.5) is 13.2 Å². The van der Waals surface area contributed by atoms with E-state index < -0.39 is 17.8 Å². The van der Waals surface area contributed by atoms with Crippen molar-refractivity contribution in [3.05, 3.63) is 107 Å². The van der Waals surface area contributed by atoms with Gasteiger partial charge in [-0.2, -0.15) is 8.78 Å². The van der Waals surface area contributed by atoms with Crippen LogP contribution < -0.4 is 0 Å². The van der Waals surface area contributed by atoms with Crippen LogP contribution in [0.1, 0.15) is 23.6 Å². The second kappa shape index (κ2) is 10.6. The van der Waals surface area contributed by atoms with Gasteiger partial charge < -0.3 is 5.11 Å². The van der Waals surface area contributed by atoms with Crippen LogP contribution in [-0.2, 0) is 23.6 Å². The van der Waals surface area contributed by atoms with Gasteiger partial charge in [0.2, 0.25) is 0 Å². The molecule has 36 heavy (non-hydrogen) atoms. The number of aliphatic hydroxyl groups excluding tert-OH is 1. The summed E-state index contributed by atoms with van der Waals surface area (Å²) in [5, 5.41) is 9.49. The summed E-state index contributed by atoms with van der Waals surface area (Å²) in [4.78, 5) is 21.4. The number of aliphatic hydroxyl groups is 1. The number of rotatable bonds is 8. The summed E-state index contributed by atoms with van der Waals surface area (Å²) in [6.45, 7) is 1.03. The van der Waals surface area contributed by atoms with Crippen molar-refractivity contribution in [2.24, 2.45) is 0 Å². The predicted molar refractivity (Wildman–Crippen MR) is 132 cm³/mol. The Morgan fingerprint density at radius 3 is 2.03 bits per heavy atom. The molecule has 0 aliphatic carbocycles. The molecule has 1 atom stereocenters. The number of aromatic nitrogens is 2. The van der Waals surface area contributed by atoms with Gasteiger partial charge >= 0.3 is 0 Å². The topological polar surface area (TPSA) is 63.1 Å². The van der Waals surface area contributed by atoms with E-state index in [2.05, 4.69) is 9.97 Å². The maximum Gasteiger partial charge on any atom is 0.298 e. The lowest BCUT2D eigenvalue weighted by Crippen LogP contribution is -2.27. The third-order valence-corrected chi connectivity index (χ3v) is 6.09. The highest BCUT2D eigenvalue weighted by Gasteiger charge is 2.37. The van der Waals surface area contributed by atoms with E-state index in [-0.39, 0.29) is 29.2 Å². The third-order valence-electron chi connectivity index (χ3n) is 5.78. The second-order valence-electron chi connectivity index (χ2n) is 8.46. The molecule has 0 radical (unpaired) electrons. The van der Waals surface area contributed by atoms with Crippen LogP contribution in [-0.4, -0.2) is 27.0 Å². The minimum absolute atomic E-state index is 0.0731. The normalized spacial score (nSPS) is 12.4. The highest BCUT2D eigenvalue weighted by atomic mass is 35.5. The lowest BCUT2D eigenvalue weighted by molar-refractivity contribution is -0.117. The van der Waals surface area contributed by atoms with Crippen LogP contribution in [0.5, 0.6) is 0 Å². The molecule has 0 bridgehead atoms. The number of Topliss-reactive ketones (excluding diaryl/α,β-unsaturated/α-hetero) is 1. The van der Waals surface area contributed by atoms with Gasteiger partial charge in [0.25, 0.3) is 5.92 Å². The molecule has 1 N–H and O–H groups in total. The number of carbonyl (C=O) groups is 1. The van der Waals surface area contributed by atoms with Crippen molar-refractivity contribution < 1.29 is 23.1 Å². The minimum Gasteiger partial charge on any atom is -0.387 e. The van der Waals surface area contributed by atoms with E-state index in [0.717, 1.165) is 18.1 Å². The molecule has 4 rings (SSSR count). The van der Waals surface area contributed by atoms with Crippen molar-refractivity contribution >= 4 is 17.4 Å². The molecule has 0 spiro atoms. The molecular formula is C28H22ClF3N2O2. The van der Waals surface area contributed by atoms with E-state index in [0.29, 0.717) is 22.5 Å². The zero-order valence-corrected chi connectivity index (χ0v) is 20.0. The van der Waals surface area contributed by atoms with Gasteiger partial charge in [-0.3, -0.25) is 14.8 Å². The molecule has 4 aromatic rings. The molecule has 0 aliphatic rings. The molecule has 0 amide bonds. The first-order valence-corrected chi connectivity index (χ1v) is 11.6. The number of nitrogens with zero attached hydrogens (tertiary/aromatic N) is 2. The number of halogens is 4. The van der Waals surface area contributed by atoms with Crippen molar-refractivity contribution in [3.63, 3.8) is 0 Å². The molecule has 1 heterocycles. The van der Waals surface area contributed by atoms with Gasteiger partial charge in [-0.25, -0.2) is 4.39 Å². The lowest BCUT2D eigenvalue weighted by Gasteiger charge is -2.19. The van der Waals surface area contributed by atoms with Crippen molar-refractivity contribution in [1.29, 1.82) is 0 Å². The van der Waals surface area contributed by atoms with Gasteiger partial charge in [0.05, 0.1) is 16.4 Å². The Morgan fingerprint density at radius 1 is 0.917 bits per heavy atom. The van der Waals surface area contributed by atoms with Crippen LogP contribution in [0.15, 0.2) is 79.1 Å². The molecule has 1 unspecified atom stereocenters. The molecule has 184 valence electrons. The smallest absolute Gasteiger partial charge is 0.298 e. The largest absolute Gasteiger partial charge is 0.387 e. The summed E-state index contributed by atoms with van der Waals surface area (Å²) in [6.07, 6.45) is 1.54.